The maximum Gasteiger partial charge on any atom is 0.124 e. The lowest BCUT2D eigenvalue weighted by Gasteiger charge is -2.22. The second kappa shape index (κ2) is 5.84. The Kier molecular flexibility index (Phi) is 4.44. The second-order valence-electron chi connectivity index (χ2n) is 4.51. The molecule has 0 bridgehead atoms. The van der Waals surface area contributed by atoms with E-state index in [2.05, 4.69) is 27.9 Å². The molecule has 1 fully saturated rings. The summed E-state index contributed by atoms with van der Waals surface area (Å²) in [5, 5.41) is 3.44. The van der Waals surface area contributed by atoms with E-state index in [1.807, 2.05) is 6.07 Å². The summed E-state index contributed by atoms with van der Waals surface area (Å²) in [6.07, 6.45) is 6.81. The molecule has 88 valence electrons. The van der Waals surface area contributed by atoms with Crippen molar-refractivity contribution in [3.63, 3.8) is 0 Å². The fourth-order valence-electron chi connectivity index (χ4n) is 2.28. The number of rotatable bonds is 3. The number of nitrogens with one attached hydrogen (secondary N) is 1. The van der Waals surface area contributed by atoms with Crippen LogP contribution in [0.5, 0.6) is 0 Å². The molecule has 3 heteroatoms. The Morgan fingerprint density at radius 1 is 1.25 bits per heavy atom. The van der Waals surface area contributed by atoms with Gasteiger partial charge in [-0.1, -0.05) is 19.3 Å². The zero-order valence-electron chi connectivity index (χ0n) is 9.31. The van der Waals surface area contributed by atoms with Crippen molar-refractivity contribution < 1.29 is 4.39 Å². The van der Waals surface area contributed by atoms with Crippen LogP contribution in [0.1, 0.15) is 32.1 Å². The van der Waals surface area contributed by atoms with E-state index in [1.165, 1.54) is 38.2 Å². The highest BCUT2D eigenvalue weighted by molar-refractivity contribution is 14.1. The zero-order chi connectivity index (χ0) is 11.4. The molecule has 2 rings (SSSR count). The third-order valence-electron chi connectivity index (χ3n) is 3.24. The first-order chi connectivity index (χ1) is 7.75. The van der Waals surface area contributed by atoms with Crippen molar-refractivity contribution in [2.45, 2.75) is 32.1 Å². The van der Waals surface area contributed by atoms with E-state index in [0.29, 0.717) is 0 Å². The zero-order valence-corrected chi connectivity index (χ0v) is 11.5. The van der Waals surface area contributed by atoms with Crippen LogP contribution in [0.15, 0.2) is 18.2 Å². The first-order valence-corrected chi connectivity index (χ1v) is 7.02. The average molecular weight is 333 g/mol. The quantitative estimate of drug-likeness (QED) is 0.808. The summed E-state index contributed by atoms with van der Waals surface area (Å²) in [5.74, 6) is 0.641. The summed E-state index contributed by atoms with van der Waals surface area (Å²) in [5.41, 5.74) is 1.06. The van der Waals surface area contributed by atoms with Crippen LogP contribution in [0.3, 0.4) is 0 Å². The van der Waals surface area contributed by atoms with Crippen LogP contribution in [-0.4, -0.2) is 6.54 Å². The molecule has 1 aromatic carbocycles. The van der Waals surface area contributed by atoms with Gasteiger partial charge in [0.2, 0.25) is 0 Å². The van der Waals surface area contributed by atoms with E-state index in [-0.39, 0.29) is 5.82 Å². The predicted molar refractivity (Wildman–Crippen MR) is 74.2 cm³/mol. The van der Waals surface area contributed by atoms with Crippen molar-refractivity contribution in [2.75, 3.05) is 11.9 Å². The minimum atomic E-state index is -0.160. The van der Waals surface area contributed by atoms with E-state index in [4.69, 9.17) is 0 Å². The third-order valence-corrected chi connectivity index (χ3v) is 4.13. The standard InChI is InChI=1S/C13H17FIN/c14-11-6-7-13(12(15)8-11)16-9-10-4-2-1-3-5-10/h6-8,10,16H,1-5,9H2. The highest BCUT2D eigenvalue weighted by Gasteiger charge is 2.13. The van der Waals surface area contributed by atoms with Gasteiger partial charge in [-0.15, -0.1) is 0 Å². The van der Waals surface area contributed by atoms with Gasteiger partial charge in [-0.2, -0.15) is 0 Å². The number of halogens is 2. The van der Waals surface area contributed by atoms with Gasteiger partial charge < -0.3 is 5.32 Å². The maximum absolute atomic E-state index is 12.9. The molecule has 1 nitrogen and oxygen atoms in total. The molecule has 1 aliphatic rings. The molecule has 1 aliphatic carbocycles. The molecule has 0 atom stereocenters. The SMILES string of the molecule is Fc1ccc(NCC2CCCCC2)c(I)c1. The Labute approximate surface area is 110 Å². The van der Waals surface area contributed by atoms with Crippen molar-refractivity contribution in [1.82, 2.24) is 0 Å². The lowest BCUT2D eigenvalue weighted by atomic mass is 9.89. The molecule has 0 amide bonds. The first-order valence-electron chi connectivity index (χ1n) is 5.94. The van der Waals surface area contributed by atoms with Gasteiger partial charge in [0.15, 0.2) is 0 Å². The van der Waals surface area contributed by atoms with Gasteiger partial charge in [0.1, 0.15) is 5.82 Å². The van der Waals surface area contributed by atoms with E-state index < -0.39 is 0 Å². The first kappa shape index (κ1) is 12.1. The van der Waals surface area contributed by atoms with Crippen LogP contribution >= 0.6 is 22.6 Å². The Morgan fingerprint density at radius 3 is 2.69 bits per heavy atom. The fourth-order valence-corrected chi connectivity index (χ4v) is 2.95. The summed E-state index contributed by atoms with van der Waals surface area (Å²) < 4.78 is 13.9. The molecule has 1 saturated carbocycles. The molecular formula is C13H17FIN. The number of hydrogen-bond acceptors (Lipinski definition) is 1. The smallest absolute Gasteiger partial charge is 0.124 e. The highest BCUT2D eigenvalue weighted by atomic mass is 127. The second-order valence-corrected chi connectivity index (χ2v) is 5.67. The molecule has 1 N–H and O–H groups in total. The van der Waals surface area contributed by atoms with Crippen LogP contribution in [-0.2, 0) is 0 Å². The van der Waals surface area contributed by atoms with Crippen molar-refractivity contribution in [3.05, 3.63) is 27.6 Å². The molecule has 0 saturated heterocycles. The third kappa shape index (κ3) is 3.34. The molecule has 0 aromatic heterocycles. The van der Waals surface area contributed by atoms with Gasteiger partial charge in [0.25, 0.3) is 0 Å². The van der Waals surface area contributed by atoms with E-state index in [1.54, 1.807) is 6.07 Å². The van der Waals surface area contributed by atoms with Crippen LogP contribution < -0.4 is 5.32 Å². The largest absolute Gasteiger partial charge is 0.384 e. The average Bonchev–Trinajstić information content (AvgIpc) is 2.29. The highest BCUT2D eigenvalue weighted by Crippen LogP contribution is 2.25. The Bertz CT molecular complexity index is 348. The molecular weight excluding hydrogens is 316 g/mol. The Balaban J connectivity index is 1.88. The van der Waals surface area contributed by atoms with Gasteiger partial charge in [0, 0.05) is 15.8 Å². The molecule has 0 radical (unpaired) electrons. The molecule has 0 spiro atoms. The van der Waals surface area contributed by atoms with Crippen molar-refractivity contribution in [3.8, 4) is 0 Å². The fraction of sp³-hybridized carbons (Fsp3) is 0.538. The van der Waals surface area contributed by atoms with Crippen LogP contribution in [0.4, 0.5) is 10.1 Å². The normalized spacial score (nSPS) is 17.4. The van der Waals surface area contributed by atoms with Crippen molar-refractivity contribution in [1.29, 1.82) is 0 Å². The Morgan fingerprint density at radius 2 is 2.00 bits per heavy atom. The van der Waals surface area contributed by atoms with Gasteiger partial charge >= 0.3 is 0 Å². The topological polar surface area (TPSA) is 12.0 Å². The van der Waals surface area contributed by atoms with E-state index in [0.717, 1.165) is 21.7 Å². The van der Waals surface area contributed by atoms with Crippen LogP contribution in [0.25, 0.3) is 0 Å². The summed E-state index contributed by atoms with van der Waals surface area (Å²) >= 11 is 2.18. The molecule has 0 unspecified atom stereocenters. The van der Waals surface area contributed by atoms with Gasteiger partial charge in [-0.05, 0) is 59.5 Å². The minimum Gasteiger partial charge on any atom is -0.384 e. The molecule has 1 aromatic rings. The van der Waals surface area contributed by atoms with E-state index >= 15 is 0 Å². The molecule has 16 heavy (non-hydrogen) atoms. The molecule has 0 heterocycles. The van der Waals surface area contributed by atoms with Gasteiger partial charge in [0.05, 0.1) is 0 Å². The van der Waals surface area contributed by atoms with Gasteiger partial charge in [-0.3, -0.25) is 0 Å². The van der Waals surface area contributed by atoms with E-state index in [9.17, 15) is 4.39 Å². The maximum atomic E-state index is 12.9. The lowest BCUT2D eigenvalue weighted by Crippen LogP contribution is -2.17. The summed E-state index contributed by atoms with van der Waals surface area (Å²) in [4.78, 5) is 0. The molecule has 0 aliphatic heterocycles. The van der Waals surface area contributed by atoms with Crippen molar-refractivity contribution >= 4 is 28.3 Å². The number of benzene rings is 1. The summed E-state index contributed by atoms with van der Waals surface area (Å²) in [6, 6.07) is 4.93. The Hall–Kier alpha value is -0.320. The van der Waals surface area contributed by atoms with Crippen LogP contribution in [0, 0.1) is 15.3 Å². The number of hydrogen-bond donors (Lipinski definition) is 1. The van der Waals surface area contributed by atoms with Crippen molar-refractivity contribution in [2.24, 2.45) is 5.92 Å². The predicted octanol–water partition coefficient (Wildman–Crippen LogP) is 4.42. The summed E-state index contributed by atoms with van der Waals surface area (Å²) in [7, 11) is 0. The monoisotopic (exact) mass is 333 g/mol. The lowest BCUT2D eigenvalue weighted by molar-refractivity contribution is 0.373. The van der Waals surface area contributed by atoms with Crippen LogP contribution in [0.2, 0.25) is 0 Å². The summed E-state index contributed by atoms with van der Waals surface area (Å²) in [6.45, 7) is 1.03. The minimum absolute atomic E-state index is 0.160. The van der Waals surface area contributed by atoms with Gasteiger partial charge in [-0.25, -0.2) is 4.39 Å². The number of anilines is 1.